The SMILES string of the molecule is Nc1ccc2ccc3ccc(I)cc3c(=O)c2c1. The van der Waals surface area contributed by atoms with E-state index < -0.39 is 0 Å². The first-order valence-corrected chi connectivity index (χ1v) is 6.65. The molecule has 18 heavy (non-hydrogen) atoms. The average Bonchev–Trinajstić information content (AvgIpc) is 2.49. The molecular weight excluding hydrogens is 337 g/mol. The Bertz CT molecular complexity index is 760. The Labute approximate surface area is 118 Å². The summed E-state index contributed by atoms with van der Waals surface area (Å²) in [6.07, 6.45) is 0. The van der Waals surface area contributed by atoms with E-state index in [9.17, 15) is 4.79 Å². The number of nitrogen functional groups attached to an aromatic ring is 1. The van der Waals surface area contributed by atoms with Gasteiger partial charge < -0.3 is 5.73 Å². The molecule has 0 atom stereocenters. The zero-order valence-electron chi connectivity index (χ0n) is 9.48. The van der Waals surface area contributed by atoms with E-state index in [1.807, 2.05) is 42.5 Å². The third-order valence-corrected chi connectivity index (χ3v) is 3.70. The summed E-state index contributed by atoms with van der Waals surface area (Å²) in [5.41, 5.74) is 6.42. The van der Waals surface area contributed by atoms with Gasteiger partial charge in [0.1, 0.15) is 0 Å². The van der Waals surface area contributed by atoms with Crippen molar-refractivity contribution in [2.75, 3.05) is 5.73 Å². The van der Waals surface area contributed by atoms with Gasteiger partial charge in [0.2, 0.25) is 0 Å². The van der Waals surface area contributed by atoms with Crippen molar-refractivity contribution in [3.05, 3.63) is 62.3 Å². The molecule has 2 nitrogen and oxygen atoms in total. The van der Waals surface area contributed by atoms with Crippen molar-refractivity contribution in [1.82, 2.24) is 0 Å². The lowest BCUT2D eigenvalue weighted by Gasteiger charge is -1.95. The molecule has 0 amide bonds. The van der Waals surface area contributed by atoms with Gasteiger partial charge in [-0.3, -0.25) is 4.79 Å². The number of halogens is 1. The average molecular weight is 347 g/mol. The summed E-state index contributed by atoms with van der Waals surface area (Å²) < 4.78 is 1.06. The van der Waals surface area contributed by atoms with Crippen molar-refractivity contribution in [2.45, 2.75) is 0 Å². The van der Waals surface area contributed by atoms with Gasteiger partial charge in [0, 0.05) is 20.0 Å². The van der Waals surface area contributed by atoms with Crippen molar-refractivity contribution in [2.24, 2.45) is 0 Å². The van der Waals surface area contributed by atoms with Gasteiger partial charge in [0.05, 0.1) is 0 Å². The smallest absolute Gasteiger partial charge is 0.194 e. The normalized spacial score (nSPS) is 10.9. The zero-order valence-corrected chi connectivity index (χ0v) is 11.6. The van der Waals surface area contributed by atoms with Crippen LogP contribution in [-0.4, -0.2) is 0 Å². The minimum Gasteiger partial charge on any atom is -0.399 e. The molecule has 0 aliphatic carbocycles. The first-order chi connectivity index (χ1) is 8.65. The summed E-state index contributed by atoms with van der Waals surface area (Å²) in [5, 5.41) is 3.28. The number of anilines is 1. The number of rotatable bonds is 0. The lowest BCUT2D eigenvalue weighted by Crippen LogP contribution is -1.99. The monoisotopic (exact) mass is 347 g/mol. The summed E-state index contributed by atoms with van der Waals surface area (Å²) in [7, 11) is 0. The van der Waals surface area contributed by atoms with Crippen molar-refractivity contribution in [1.29, 1.82) is 0 Å². The van der Waals surface area contributed by atoms with E-state index in [2.05, 4.69) is 22.6 Å². The van der Waals surface area contributed by atoms with Gasteiger partial charge in [0.25, 0.3) is 0 Å². The van der Waals surface area contributed by atoms with E-state index >= 15 is 0 Å². The molecule has 0 radical (unpaired) electrons. The Hall–Kier alpha value is -1.62. The summed E-state index contributed by atoms with van der Waals surface area (Å²) in [6, 6.07) is 15.3. The minimum atomic E-state index is 0.0378. The van der Waals surface area contributed by atoms with Crippen molar-refractivity contribution in [3.8, 4) is 0 Å². The van der Waals surface area contributed by atoms with Gasteiger partial charge in [-0.15, -0.1) is 0 Å². The predicted octanol–water partition coefficient (Wildman–Crippen LogP) is 3.54. The molecule has 88 valence electrons. The fourth-order valence-corrected chi connectivity index (χ4v) is 2.60. The summed E-state index contributed by atoms with van der Waals surface area (Å²) in [6.45, 7) is 0. The molecule has 3 aromatic carbocycles. The number of hydrogen-bond donors (Lipinski definition) is 1. The Morgan fingerprint density at radius 2 is 1.39 bits per heavy atom. The molecule has 0 saturated carbocycles. The number of fused-ring (bicyclic) bond motifs is 2. The highest BCUT2D eigenvalue weighted by molar-refractivity contribution is 14.1. The van der Waals surface area contributed by atoms with Gasteiger partial charge >= 0.3 is 0 Å². The molecule has 0 aromatic heterocycles. The topological polar surface area (TPSA) is 43.1 Å². The van der Waals surface area contributed by atoms with Crippen molar-refractivity contribution >= 4 is 49.8 Å². The van der Waals surface area contributed by atoms with E-state index in [1.54, 1.807) is 6.07 Å². The van der Waals surface area contributed by atoms with E-state index in [1.165, 1.54) is 0 Å². The summed E-state index contributed by atoms with van der Waals surface area (Å²) in [5.74, 6) is 0. The quantitative estimate of drug-likeness (QED) is 0.499. The molecule has 0 aliphatic heterocycles. The molecule has 2 N–H and O–H groups in total. The van der Waals surface area contributed by atoms with E-state index in [0.29, 0.717) is 11.1 Å². The van der Waals surface area contributed by atoms with Crippen LogP contribution in [0.25, 0.3) is 21.5 Å². The maximum atomic E-state index is 12.5. The molecule has 0 spiro atoms. The maximum absolute atomic E-state index is 12.5. The van der Waals surface area contributed by atoms with Crippen LogP contribution >= 0.6 is 22.6 Å². The van der Waals surface area contributed by atoms with Gasteiger partial charge in [-0.2, -0.15) is 0 Å². The fraction of sp³-hybridized carbons (Fsp3) is 0. The second-order valence-electron chi connectivity index (χ2n) is 4.24. The lowest BCUT2D eigenvalue weighted by molar-refractivity contribution is 1.70. The van der Waals surface area contributed by atoms with Crippen LogP contribution in [0.5, 0.6) is 0 Å². The van der Waals surface area contributed by atoms with Crippen molar-refractivity contribution in [3.63, 3.8) is 0 Å². The van der Waals surface area contributed by atoms with Crippen LogP contribution < -0.4 is 11.2 Å². The van der Waals surface area contributed by atoms with Crippen LogP contribution in [0, 0.1) is 3.57 Å². The predicted molar refractivity (Wildman–Crippen MR) is 84.9 cm³/mol. The van der Waals surface area contributed by atoms with Crippen molar-refractivity contribution < 1.29 is 0 Å². The van der Waals surface area contributed by atoms with Gasteiger partial charge in [-0.25, -0.2) is 0 Å². The van der Waals surface area contributed by atoms with Crippen LogP contribution in [0.3, 0.4) is 0 Å². The third kappa shape index (κ3) is 1.84. The van der Waals surface area contributed by atoms with Crippen LogP contribution in [-0.2, 0) is 0 Å². The highest BCUT2D eigenvalue weighted by atomic mass is 127. The van der Waals surface area contributed by atoms with Gasteiger partial charge in [0.15, 0.2) is 5.43 Å². The molecule has 0 unspecified atom stereocenters. The number of hydrogen-bond acceptors (Lipinski definition) is 2. The van der Waals surface area contributed by atoms with E-state index in [-0.39, 0.29) is 5.43 Å². The second kappa shape index (κ2) is 4.24. The molecule has 3 heteroatoms. The highest BCUT2D eigenvalue weighted by Crippen LogP contribution is 2.19. The molecule has 0 bridgehead atoms. The molecule has 3 aromatic rings. The number of nitrogens with two attached hydrogens (primary N) is 1. The summed E-state index contributed by atoms with van der Waals surface area (Å²) in [4.78, 5) is 12.5. The molecule has 0 heterocycles. The Morgan fingerprint density at radius 3 is 2.11 bits per heavy atom. The van der Waals surface area contributed by atoms with Crippen LogP contribution in [0.1, 0.15) is 0 Å². The maximum Gasteiger partial charge on any atom is 0.194 e. The van der Waals surface area contributed by atoms with Gasteiger partial charge in [-0.1, -0.05) is 24.3 Å². The molecular formula is C15H10INO. The standard InChI is InChI=1S/C15H10INO/c16-11-5-3-9-1-2-10-4-6-12(17)8-14(10)15(18)13(9)7-11/h1-8H,17H2. The molecule has 0 saturated heterocycles. The number of benzene rings is 2. The first-order valence-electron chi connectivity index (χ1n) is 5.57. The lowest BCUT2D eigenvalue weighted by atomic mass is 10.1. The summed E-state index contributed by atoms with van der Waals surface area (Å²) >= 11 is 2.21. The Balaban J connectivity index is 2.62. The Morgan fingerprint density at radius 1 is 0.833 bits per heavy atom. The van der Waals surface area contributed by atoms with Crippen LogP contribution in [0.2, 0.25) is 0 Å². The zero-order chi connectivity index (χ0) is 12.7. The minimum absolute atomic E-state index is 0.0378. The molecule has 0 aliphatic rings. The van der Waals surface area contributed by atoms with Crippen LogP contribution in [0.15, 0.2) is 53.3 Å². The third-order valence-electron chi connectivity index (χ3n) is 3.02. The fourth-order valence-electron chi connectivity index (χ4n) is 2.11. The first kappa shape index (κ1) is 11.5. The molecule has 3 rings (SSSR count). The van der Waals surface area contributed by atoms with E-state index in [0.717, 1.165) is 19.7 Å². The highest BCUT2D eigenvalue weighted by Gasteiger charge is 2.03. The second-order valence-corrected chi connectivity index (χ2v) is 5.49. The Kier molecular flexibility index (Phi) is 2.70. The largest absolute Gasteiger partial charge is 0.399 e. The van der Waals surface area contributed by atoms with E-state index in [4.69, 9.17) is 5.73 Å². The van der Waals surface area contributed by atoms with Crippen LogP contribution in [0.4, 0.5) is 5.69 Å². The molecule has 0 fully saturated rings. The van der Waals surface area contributed by atoms with Gasteiger partial charge in [-0.05, 0) is 57.6 Å².